The van der Waals surface area contributed by atoms with Crippen molar-refractivity contribution in [2.45, 2.75) is 13.5 Å². The van der Waals surface area contributed by atoms with Crippen LogP contribution in [0.15, 0.2) is 4.42 Å². The molecule has 0 saturated heterocycles. The number of aromatic nitrogens is 1. The molecule has 0 unspecified atom stereocenters. The average Bonchev–Trinajstić information content (AvgIpc) is 2.45. The van der Waals surface area contributed by atoms with Gasteiger partial charge in [0.25, 0.3) is 0 Å². The van der Waals surface area contributed by atoms with Gasteiger partial charge in [-0.2, -0.15) is 0 Å². The molecule has 5 nitrogen and oxygen atoms in total. The summed E-state index contributed by atoms with van der Waals surface area (Å²) >= 11 is 0. The fraction of sp³-hybridized carbons (Fsp3) is 0.429. The zero-order valence-electron chi connectivity index (χ0n) is 6.96. The minimum atomic E-state index is -0.504. The number of esters is 1. The predicted octanol–water partition coefficient (Wildman–Crippen LogP) is 0.228. The van der Waals surface area contributed by atoms with Gasteiger partial charge in [-0.15, -0.1) is 0 Å². The lowest BCUT2D eigenvalue weighted by Gasteiger charge is -1.91. The van der Waals surface area contributed by atoms with Gasteiger partial charge in [0, 0.05) is 0 Å². The van der Waals surface area contributed by atoms with Crippen LogP contribution in [0.4, 0.5) is 0 Å². The first kappa shape index (κ1) is 8.73. The summed E-state index contributed by atoms with van der Waals surface area (Å²) in [5.41, 5.74) is 5.46. The van der Waals surface area contributed by atoms with E-state index >= 15 is 0 Å². The molecule has 0 spiro atoms. The van der Waals surface area contributed by atoms with Crippen molar-refractivity contribution in [2.75, 3.05) is 7.11 Å². The van der Waals surface area contributed by atoms with E-state index in [9.17, 15) is 4.79 Å². The molecular weight excluding hydrogens is 160 g/mol. The molecule has 0 bridgehead atoms. The number of aryl methyl sites for hydroxylation is 1. The number of methoxy groups -OCH3 is 1. The van der Waals surface area contributed by atoms with E-state index in [4.69, 9.17) is 10.2 Å². The molecule has 1 aromatic rings. The lowest BCUT2D eigenvalue weighted by atomic mass is 10.4. The third-order valence-corrected chi connectivity index (χ3v) is 1.39. The first-order chi connectivity index (χ1) is 5.69. The summed E-state index contributed by atoms with van der Waals surface area (Å²) in [4.78, 5) is 14.8. The normalized spacial score (nSPS) is 9.92. The van der Waals surface area contributed by atoms with Gasteiger partial charge < -0.3 is 14.9 Å². The Labute approximate surface area is 69.5 Å². The van der Waals surface area contributed by atoms with Crippen molar-refractivity contribution < 1.29 is 13.9 Å². The molecule has 5 heteroatoms. The van der Waals surface area contributed by atoms with Crippen molar-refractivity contribution >= 4 is 5.97 Å². The highest BCUT2D eigenvalue weighted by Gasteiger charge is 2.16. The summed E-state index contributed by atoms with van der Waals surface area (Å²) in [5.74, 6) is 0.270. The molecule has 2 N–H and O–H groups in total. The van der Waals surface area contributed by atoms with Crippen LogP contribution in [-0.2, 0) is 11.3 Å². The first-order valence-corrected chi connectivity index (χ1v) is 3.43. The molecule has 66 valence electrons. The van der Waals surface area contributed by atoms with Gasteiger partial charge in [0.1, 0.15) is 5.76 Å². The Kier molecular flexibility index (Phi) is 2.44. The third-order valence-electron chi connectivity index (χ3n) is 1.39. The van der Waals surface area contributed by atoms with E-state index in [0.717, 1.165) is 0 Å². The summed E-state index contributed by atoms with van der Waals surface area (Å²) in [7, 11) is 1.29. The molecule has 12 heavy (non-hydrogen) atoms. The molecule has 0 saturated carbocycles. The molecule has 0 aliphatic rings. The molecular formula is C7H10N2O3. The zero-order valence-corrected chi connectivity index (χ0v) is 6.96. The summed E-state index contributed by atoms with van der Waals surface area (Å²) in [5, 5.41) is 0. The molecule has 0 radical (unpaired) electrons. The van der Waals surface area contributed by atoms with E-state index in [0.29, 0.717) is 11.7 Å². The highest BCUT2D eigenvalue weighted by molar-refractivity contribution is 5.88. The molecule has 0 fully saturated rings. The standard InChI is InChI=1S/C7H10N2O3/c1-4-6(7(10)11-2)9-5(3-8)12-4/h3,8H2,1-2H3. The molecule has 1 rings (SSSR count). The second kappa shape index (κ2) is 3.36. The highest BCUT2D eigenvalue weighted by Crippen LogP contribution is 2.09. The second-order valence-electron chi connectivity index (χ2n) is 2.21. The molecule has 0 aliphatic carbocycles. The highest BCUT2D eigenvalue weighted by atomic mass is 16.5. The van der Waals surface area contributed by atoms with E-state index in [1.165, 1.54) is 7.11 Å². The van der Waals surface area contributed by atoms with Crippen LogP contribution in [-0.4, -0.2) is 18.1 Å². The minimum absolute atomic E-state index is 0.178. The Morgan fingerprint density at radius 2 is 2.42 bits per heavy atom. The maximum absolute atomic E-state index is 11.0. The largest absolute Gasteiger partial charge is 0.464 e. The molecule has 0 amide bonds. The van der Waals surface area contributed by atoms with Crippen LogP contribution in [0, 0.1) is 6.92 Å². The molecule has 0 atom stereocenters. The van der Waals surface area contributed by atoms with Crippen molar-refractivity contribution in [2.24, 2.45) is 5.73 Å². The monoisotopic (exact) mass is 170 g/mol. The van der Waals surface area contributed by atoms with E-state index < -0.39 is 5.97 Å². The predicted molar refractivity (Wildman–Crippen MR) is 40.5 cm³/mol. The van der Waals surface area contributed by atoms with Crippen molar-refractivity contribution in [3.05, 3.63) is 17.3 Å². The first-order valence-electron chi connectivity index (χ1n) is 3.43. The van der Waals surface area contributed by atoms with Gasteiger partial charge in [0.15, 0.2) is 5.69 Å². The number of ether oxygens (including phenoxy) is 1. The van der Waals surface area contributed by atoms with Crippen molar-refractivity contribution in [3.63, 3.8) is 0 Å². The van der Waals surface area contributed by atoms with Crippen LogP contribution in [0.2, 0.25) is 0 Å². The van der Waals surface area contributed by atoms with Gasteiger partial charge in [-0.3, -0.25) is 0 Å². The van der Waals surface area contributed by atoms with Crippen molar-refractivity contribution in [1.29, 1.82) is 0 Å². The number of oxazole rings is 1. The van der Waals surface area contributed by atoms with Gasteiger partial charge in [0.05, 0.1) is 13.7 Å². The van der Waals surface area contributed by atoms with E-state index in [-0.39, 0.29) is 12.2 Å². The Morgan fingerprint density at radius 3 is 2.83 bits per heavy atom. The summed E-state index contributed by atoms with van der Waals surface area (Å²) < 4.78 is 9.52. The lowest BCUT2D eigenvalue weighted by Crippen LogP contribution is -2.04. The van der Waals surface area contributed by atoms with Crippen LogP contribution in [0.5, 0.6) is 0 Å². The third kappa shape index (κ3) is 1.45. The van der Waals surface area contributed by atoms with Crippen LogP contribution in [0.1, 0.15) is 22.1 Å². The van der Waals surface area contributed by atoms with Gasteiger partial charge in [-0.1, -0.05) is 0 Å². The van der Waals surface area contributed by atoms with E-state index in [1.807, 2.05) is 0 Å². The van der Waals surface area contributed by atoms with Crippen LogP contribution in [0.25, 0.3) is 0 Å². The Hall–Kier alpha value is -1.36. The second-order valence-corrected chi connectivity index (χ2v) is 2.21. The minimum Gasteiger partial charge on any atom is -0.464 e. The maximum Gasteiger partial charge on any atom is 0.360 e. The SMILES string of the molecule is COC(=O)c1nc(CN)oc1C. The summed E-state index contributed by atoms with van der Waals surface area (Å²) in [6, 6.07) is 0. The Morgan fingerprint density at radius 1 is 1.75 bits per heavy atom. The Balaban J connectivity index is 2.99. The van der Waals surface area contributed by atoms with Crippen LogP contribution >= 0.6 is 0 Å². The van der Waals surface area contributed by atoms with E-state index in [2.05, 4.69) is 9.72 Å². The van der Waals surface area contributed by atoms with Gasteiger partial charge in [-0.05, 0) is 6.92 Å². The fourth-order valence-electron chi connectivity index (χ4n) is 0.825. The quantitative estimate of drug-likeness (QED) is 0.642. The number of nitrogens with zero attached hydrogens (tertiary/aromatic N) is 1. The van der Waals surface area contributed by atoms with Crippen LogP contribution in [0.3, 0.4) is 0 Å². The van der Waals surface area contributed by atoms with Gasteiger partial charge in [-0.25, -0.2) is 9.78 Å². The van der Waals surface area contributed by atoms with Crippen molar-refractivity contribution in [1.82, 2.24) is 4.98 Å². The van der Waals surface area contributed by atoms with Gasteiger partial charge >= 0.3 is 5.97 Å². The number of carbonyl (C=O) groups excluding carboxylic acids is 1. The topological polar surface area (TPSA) is 78.3 Å². The lowest BCUT2D eigenvalue weighted by molar-refractivity contribution is 0.0593. The number of hydrogen-bond acceptors (Lipinski definition) is 5. The summed E-state index contributed by atoms with van der Waals surface area (Å²) in [6.07, 6.45) is 0. The average molecular weight is 170 g/mol. The maximum atomic E-state index is 11.0. The smallest absolute Gasteiger partial charge is 0.360 e. The Bertz CT molecular complexity index is 293. The molecule has 0 aromatic carbocycles. The number of nitrogens with two attached hydrogens (primary N) is 1. The number of carbonyl (C=O) groups is 1. The fourth-order valence-corrected chi connectivity index (χ4v) is 0.825. The van der Waals surface area contributed by atoms with Crippen molar-refractivity contribution in [3.8, 4) is 0 Å². The molecule has 1 heterocycles. The van der Waals surface area contributed by atoms with E-state index in [1.54, 1.807) is 6.92 Å². The zero-order chi connectivity index (χ0) is 9.14. The summed E-state index contributed by atoms with van der Waals surface area (Å²) in [6.45, 7) is 1.82. The van der Waals surface area contributed by atoms with Crippen LogP contribution < -0.4 is 5.73 Å². The molecule has 1 aromatic heterocycles. The van der Waals surface area contributed by atoms with Gasteiger partial charge in [0.2, 0.25) is 5.89 Å². The number of rotatable bonds is 2. The molecule has 0 aliphatic heterocycles. The number of hydrogen-bond donors (Lipinski definition) is 1.